The number of para-hydroxylation sites is 1. The van der Waals surface area contributed by atoms with Gasteiger partial charge in [-0.05, 0) is 30.9 Å². The van der Waals surface area contributed by atoms with E-state index in [2.05, 4.69) is 22.4 Å². The molecular formula is C17H22N2O2. The van der Waals surface area contributed by atoms with Gasteiger partial charge in [-0.25, -0.2) is 4.98 Å². The number of nitrogens with zero attached hydrogens (tertiary/aromatic N) is 1. The lowest BCUT2D eigenvalue weighted by atomic mass is 10.2. The predicted octanol–water partition coefficient (Wildman–Crippen LogP) is 2.76. The maximum Gasteiger partial charge on any atom is 0.145 e. The molecule has 0 amide bonds. The Balaban J connectivity index is 1.51. The van der Waals surface area contributed by atoms with Gasteiger partial charge >= 0.3 is 0 Å². The van der Waals surface area contributed by atoms with Crippen LogP contribution in [0.3, 0.4) is 0 Å². The summed E-state index contributed by atoms with van der Waals surface area (Å²) in [4.78, 5) is 4.67. The molecule has 0 atom stereocenters. The number of ether oxygens (including phenoxy) is 2. The number of nitrogens with one attached hydrogen (secondary N) is 1. The molecule has 0 aliphatic heterocycles. The van der Waals surface area contributed by atoms with Crippen molar-refractivity contribution in [3.63, 3.8) is 0 Å². The molecule has 112 valence electrons. The SMILES string of the molecule is COc1cccc2ccc(CNCCOCC3CC3)nc12. The molecule has 0 bridgehead atoms. The standard InChI is InChI=1S/C17H22N2O2/c1-20-16-4-2-3-14-7-8-15(19-17(14)16)11-18-9-10-21-12-13-5-6-13/h2-4,7-8,13,18H,5-6,9-12H2,1H3. The fourth-order valence-electron chi connectivity index (χ4n) is 2.32. The maximum absolute atomic E-state index is 5.60. The number of pyridine rings is 1. The van der Waals surface area contributed by atoms with Crippen LogP contribution in [-0.4, -0.2) is 31.9 Å². The Hall–Kier alpha value is -1.65. The van der Waals surface area contributed by atoms with Gasteiger partial charge in [-0.1, -0.05) is 18.2 Å². The molecule has 0 spiro atoms. The average Bonchev–Trinajstić information content (AvgIpc) is 3.34. The Morgan fingerprint density at radius 2 is 2.14 bits per heavy atom. The lowest BCUT2D eigenvalue weighted by Gasteiger charge is -2.08. The molecule has 1 aromatic carbocycles. The summed E-state index contributed by atoms with van der Waals surface area (Å²) >= 11 is 0. The molecule has 0 unspecified atom stereocenters. The van der Waals surface area contributed by atoms with Gasteiger partial charge in [0.1, 0.15) is 11.3 Å². The Bertz CT molecular complexity index is 596. The van der Waals surface area contributed by atoms with Crippen LogP contribution < -0.4 is 10.1 Å². The lowest BCUT2D eigenvalue weighted by molar-refractivity contribution is 0.126. The summed E-state index contributed by atoms with van der Waals surface area (Å²) in [7, 11) is 1.68. The molecule has 1 N–H and O–H groups in total. The number of rotatable bonds is 8. The highest BCUT2D eigenvalue weighted by Crippen LogP contribution is 2.28. The van der Waals surface area contributed by atoms with Crippen molar-refractivity contribution in [2.45, 2.75) is 19.4 Å². The van der Waals surface area contributed by atoms with Crippen molar-refractivity contribution >= 4 is 10.9 Å². The predicted molar refractivity (Wildman–Crippen MR) is 83.5 cm³/mol. The molecule has 21 heavy (non-hydrogen) atoms. The lowest BCUT2D eigenvalue weighted by Crippen LogP contribution is -2.20. The smallest absolute Gasteiger partial charge is 0.145 e. The van der Waals surface area contributed by atoms with E-state index < -0.39 is 0 Å². The van der Waals surface area contributed by atoms with Gasteiger partial charge in [0, 0.05) is 25.1 Å². The molecule has 1 saturated carbocycles. The second kappa shape index (κ2) is 6.87. The van der Waals surface area contributed by atoms with Gasteiger partial charge in [0.25, 0.3) is 0 Å². The van der Waals surface area contributed by atoms with Crippen molar-refractivity contribution in [1.29, 1.82) is 0 Å². The second-order valence-corrected chi connectivity index (χ2v) is 5.53. The Morgan fingerprint density at radius 3 is 2.95 bits per heavy atom. The van der Waals surface area contributed by atoms with Crippen molar-refractivity contribution in [3.8, 4) is 5.75 Å². The van der Waals surface area contributed by atoms with Gasteiger partial charge in [0.2, 0.25) is 0 Å². The minimum Gasteiger partial charge on any atom is -0.494 e. The maximum atomic E-state index is 5.60. The summed E-state index contributed by atoms with van der Waals surface area (Å²) in [6.07, 6.45) is 2.69. The number of methoxy groups -OCH3 is 1. The Labute approximate surface area is 125 Å². The first kappa shape index (κ1) is 14.3. The number of aromatic nitrogens is 1. The van der Waals surface area contributed by atoms with Gasteiger partial charge in [-0.2, -0.15) is 0 Å². The third kappa shape index (κ3) is 3.93. The quantitative estimate of drug-likeness (QED) is 0.758. The molecule has 1 heterocycles. The van der Waals surface area contributed by atoms with E-state index in [0.29, 0.717) is 0 Å². The van der Waals surface area contributed by atoms with Crippen LogP contribution >= 0.6 is 0 Å². The molecule has 4 heteroatoms. The van der Waals surface area contributed by atoms with Gasteiger partial charge in [-0.15, -0.1) is 0 Å². The van der Waals surface area contributed by atoms with Gasteiger partial charge < -0.3 is 14.8 Å². The monoisotopic (exact) mass is 286 g/mol. The van der Waals surface area contributed by atoms with Gasteiger partial charge in [0.15, 0.2) is 0 Å². The van der Waals surface area contributed by atoms with Crippen LogP contribution in [0.15, 0.2) is 30.3 Å². The fourth-order valence-corrected chi connectivity index (χ4v) is 2.32. The van der Waals surface area contributed by atoms with Crippen LogP contribution in [0.5, 0.6) is 5.75 Å². The molecule has 0 saturated heterocycles. The van der Waals surface area contributed by atoms with Crippen LogP contribution in [0.4, 0.5) is 0 Å². The Morgan fingerprint density at radius 1 is 1.24 bits per heavy atom. The first-order chi connectivity index (χ1) is 10.4. The number of benzene rings is 1. The summed E-state index contributed by atoms with van der Waals surface area (Å²) in [5.41, 5.74) is 1.94. The van der Waals surface area contributed by atoms with Crippen molar-refractivity contribution < 1.29 is 9.47 Å². The van der Waals surface area contributed by atoms with Crippen LogP contribution in [0.2, 0.25) is 0 Å². The molecular weight excluding hydrogens is 264 g/mol. The summed E-state index contributed by atoms with van der Waals surface area (Å²) in [5, 5.41) is 4.47. The summed E-state index contributed by atoms with van der Waals surface area (Å²) in [5.74, 6) is 1.65. The molecule has 2 aromatic rings. The first-order valence-corrected chi connectivity index (χ1v) is 7.58. The molecule has 1 fully saturated rings. The largest absolute Gasteiger partial charge is 0.494 e. The van der Waals surface area contributed by atoms with Crippen molar-refractivity contribution in [3.05, 3.63) is 36.0 Å². The molecule has 4 nitrogen and oxygen atoms in total. The second-order valence-electron chi connectivity index (χ2n) is 5.53. The fraction of sp³-hybridized carbons (Fsp3) is 0.471. The number of hydrogen-bond acceptors (Lipinski definition) is 4. The van der Waals surface area contributed by atoms with Crippen LogP contribution in [-0.2, 0) is 11.3 Å². The van der Waals surface area contributed by atoms with Crippen molar-refractivity contribution in [2.24, 2.45) is 5.92 Å². The van der Waals surface area contributed by atoms with E-state index in [0.717, 1.165) is 54.6 Å². The normalized spacial score (nSPS) is 14.5. The molecule has 1 aliphatic carbocycles. The Kier molecular flexibility index (Phi) is 4.68. The molecule has 3 rings (SSSR count). The average molecular weight is 286 g/mol. The zero-order valence-electron chi connectivity index (χ0n) is 12.5. The topological polar surface area (TPSA) is 43.4 Å². The molecule has 0 radical (unpaired) electrons. The van der Waals surface area contributed by atoms with E-state index in [-0.39, 0.29) is 0 Å². The zero-order valence-corrected chi connectivity index (χ0v) is 12.5. The van der Waals surface area contributed by atoms with E-state index in [1.54, 1.807) is 7.11 Å². The van der Waals surface area contributed by atoms with E-state index in [1.165, 1.54) is 12.8 Å². The highest BCUT2D eigenvalue weighted by molar-refractivity contribution is 5.84. The van der Waals surface area contributed by atoms with E-state index in [9.17, 15) is 0 Å². The highest BCUT2D eigenvalue weighted by atomic mass is 16.5. The minimum absolute atomic E-state index is 0.751. The van der Waals surface area contributed by atoms with Crippen LogP contribution in [0.1, 0.15) is 18.5 Å². The zero-order chi connectivity index (χ0) is 14.5. The van der Waals surface area contributed by atoms with Crippen LogP contribution in [0, 0.1) is 5.92 Å². The minimum atomic E-state index is 0.751. The van der Waals surface area contributed by atoms with E-state index >= 15 is 0 Å². The third-order valence-electron chi connectivity index (χ3n) is 3.74. The van der Waals surface area contributed by atoms with E-state index in [4.69, 9.17) is 9.47 Å². The summed E-state index contributed by atoms with van der Waals surface area (Å²) < 4.78 is 11.0. The summed E-state index contributed by atoms with van der Waals surface area (Å²) in [6.45, 7) is 3.31. The molecule has 1 aliphatic rings. The number of fused-ring (bicyclic) bond motifs is 1. The third-order valence-corrected chi connectivity index (χ3v) is 3.74. The molecule has 1 aromatic heterocycles. The van der Waals surface area contributed by atoms with Crippen molar-refractivity contribution in [2.75, 3.05) is 26.9 Å². The summed E-state index contributed by atoms with van der Waals surface area (Å²) in [6, 6.07) is 10.1. The van der Waals surface area contributed by atoms with Gasteiger partial charge in [-0.3, -0.25) is 0 Å². The first-order valence-electron chi connectivity index (χ1n) is 7.58. The van der Waals surface area contributed by atoms with Gasteiger partial charge in [0.05, 0.1) is 19.4 Å². The van der Waals surface area contributed by atoms with E-state index in [1.807, 2.05) is 18.2 Å². The van der Waals surface area contributed by atoms with Crippen LogP contribution in [0.25, 0.3) is 10.9 Å². The van der Waals surface area contributed by atoms with Crippen molar-refractivity contribution in [1.82, 2.24) is 10.3 Å². The highest BCUT2D eigenvalue weighted by Gasteiger charge is 2.20. The number of hydrogen-bond donors (Lipinski definition) is 1.